The maximum absolute atomic E-state index is 14.6. The van der Waals surface area contributed by atoms with Crippen molar-refractivity contribution in [1.29, 1.82) is 0 Å². The number of carbonyl (C=O) groups excluding carboxylic acids is 2. The lowest BCUT2D eigenvalue weighted by Crippen LogP contribution is -2.55. The Morgan fingerprint density at radius 3 is 2.17 bits per heavy atom. The number of amides is 2. The van der Waals surface area contributed by atoms with Gasteiger partial charge in [-0.1, -0.05) is 97.1 Å². The Hall–Kier alpha value is -3.85. The monoisotopic (exact) mass is 691 g/mol. The van der Waals surface area contributed by atoms with Crippen LogP contribution < -0.4 is 9.62 Å². The molecule has 5 rings (SSSR count). The first kappa shape index (κ1) is 34.5. The number of carbonyl (C=O) groups is 2. The van der Waals surface area contributed by atoms with E-state index in [0.29, 0.717) is 15.7 Å². The van der Waals surface area contributed by atoms with Crippen molar-refractivity contribution >= 4 is 50.7 Å². The predicted octanol–water partition coefficient (Wildman–Crippen LogP) is 7.59. The fourth-order valence-electron chi connectivity index (χ4n) is 5.98. The fraction of sp³-hybridized carbons (Fsp3) is 0.297. The molecule has 1 N–H and O–H groups in total. The van der Waals surface area contributed by atoms with Crippen LogP contribution in [0.15, 0.2) is 108 Å². The molecule has 0 aromatic heterocycles. The maximum atomic E-state index is 14.6. The molecule has 246 valence electrons. The molecule has 1 saturated carbocycles. The van der Waals surface area contributed by atoms with E-state index >= 15 is 0 Å². The number of nitrogens with zero attached hydrogens (tertiary/aromatic N) is 2. The second kappa shape index (κ2) is 15.8. The summed E-state index contributed by atoms with van der Waals surface area (Å²) in [5.74, 6) is -0.789. The molecule has 4 aromatic rings. The van der Waals surface area contributed by atoms with Crippen LogP contribution in [0.4, 0.5) is 5.69 Å². The lowest BCUT2D eigenvalue weighted by Gasteiger charge is -2.35. The Labute approximate surface area is 287 Å². The van der Waals surface area contributed by atoms with Gasteiger partial charge in [0.2, 0.25) is 11.8 Å². The van der Waals surface area contributed by atoms with Crippen molar-refractivity contribution in [1.82, 2.24) is 10.2 Å². The van der Waals surface area contributed by atoms with E-state index < -0.39 is 28.5 Å². The summed E-state index contributed by atoms with van der Waals surface area (Å²) in [6.07, 6.45) is 5.22. The molecular weight excluding hydrogens is 653 g/mol. The quantitative estimate of drug-likeness (QED) is 0.166. The second-order valence-corrected chi connectivity index (χ2v) is 14.7. The molecule has 0 unspecified atom stereocenters. The van der Waals surface area contributed by atoms with Gasteiger partial charge in [-0.15, -0.1) is 0 Å². The van der Waals surface area contributed by atoms with Crippen molar-refractivity contribution in [3.63, 3.8) is 0 Å². The van der Waals surface area contributed by atoms with Crippen molar-refractivity contribution in [2.45, 2.75) is 69.0 Å². The topological polar surface area (TPSA) is 86.8 Å². The molecule has 47 heavy (non-hydrogen) atoms. The van der Waals surface area contributed by atoms with Crippen molar-refractivity contribution in [3.8, 4) is 0 Å². The standard InChI is InChI=1S/C37H39Cl2N3O4S/c1-27-10-8-17-33(22-27)42(47(45,46)34-20-18-30(38)19-21-34)26-36(43)41(25-29-13-9-14-31(39)23-29)35(24-28-11-4-2-5-12-28)37(44)40-32-15-6-3-7-16-32/h2,4-5,8-14,17-23,32,35H,3,6-7,15-16,24-26H2,1H3,(H,40,44)/t35-/m1/s1. The molecule has 7 nitrogen and oxygen atoms in total. The fourth-order valence-corrected chi connectivity index (χ4v) is 7.72. The number of anilines is 1. The minimum Gasteiger partial charge on any atom is -0.352 e. The third kappa shape index (κ3) is 9.15. The summed E-state index contributed by atoms with van der Waals surface area (Å²) in [7, 11) is -4.22. The van der Waals surface area contributed by atoms with Gasteiger partial charge < -0.3 is 10.2 Å². The number of hydrogen-bond donors (Lipinski definition) is 1. The molecule has 10 heteroatoms. The lowest BCUT2D eigenvalue weighted by atomic mass is 9.94. The van der Waals surface area contributed by atoms with Crippen LogP contribution in [-0.2, 0) is 32.6 Å². The van der Waals surface area contributed by atoms with E-state index in [4.69, 9.17) is 23.2 Å². The number of nitrogens with one attached hydrogen (secondary N) is 1. The van der Waals surface area contributed by atoms with Crippen LogP contribution in [0.25, 0.3) is 0 Å². The first-order valence-corrected chi connectivity index (χ1v) is 18.0. The number of halogens is 2. The Morgan fingerprint density at radius 1 is 0.809 bits per heavy atom. The predicted molar refractivity (Wildman–Crippen MR) is 188 cm³/mol. The van der Waals surface area contributed by atoms with Crippen LogP contribution in [0.3, 0.4) is 0 Å². The number of rotatable bonds is 12. The normalized spacial score (nSPS) is 14.3. The van der Waals surface area contributed by atoms with Gasteiger partial charge in [-0.3, -0.25) is 13.9 Å². The summed E-state index contributed by atoms with van der Waals surface area (Å²) < 4.78 is 29.5. The van der Waals surface area contributed by atoms with Crippen LogP contribution in [0.2, 0.25) is 10.0 Å². The van der Waals surface area contributed by atoms with Crippen molar-refractivity contribution < 1.29 is 18.0 Å². The van der Waals surface area contributed by atoms with Gasteiger partial charge in [0.05, 0.1) is 10.6 Å². The Kier molecular flexibility index (Phi) is 11.6. The highest BCUT2D eigenvalue weighted by Gasteiger charge is 2.35. The zero-order valence-corrected chi connectivity index (χ0v) is 28.6. The molecule has 1 aliphatic carbocycles. The van der Waals surface area contributed by atoms with Gasteiger partial charge in [0.15, 0.2) is 0 Å². The van der Waals surface area contributed by atoms with Gasteiger partial charge in [0, 0.05) is 29.1 Å². The molecule has 1 fully saturated rings. The highest BCUT2D eigenvalue weighted by molar-refractivity contribution is 7.92. The maximum Gasteiger partial charge on any atom is 0.264 e. The average molecular weight is 693 g/mol. The summed E-state index contributed by atoms with van der Waals surface area (Å²) in [6.45, 7) is 1.38. The van der Waals surface area contributed by atoms with E-state index in [0.717, 1.165) is 53.1 Å². The summed E-state index contributed by atoms with van der Waals surface area (Å²) in [6, 6.07) is 28.6. The lowest BCUT2D eigenvalue weighted by molar-refractivity contribution is -0.140. The molecule has 1 aliphatic rings. The van der Waals surface area contributed by atoms with Gasteiger partial charge in [0.1, 0.15) is 12.6 Å². The molecule has 0 saturated heterocycles. The molecule has 0 heterocycles. The summed E-state index contributed by atoms with van der Waals surface area (Å²) in [5, 5.41) is 4.11. The highest BCUT2D eigenvalue weighted by atomic mass is 35.5. The van der Waals surface area contributed by atoms with Crippen LogP contribution in [0.1, 0.15) is 48.8 Å². The molecule has 4 aromatic carbocycles. The van der Waals surface area contributed by atoms with E-state index in [9.17, 15) is 18.0 Å². The van der Waals surface area contributed by atoms with Gasteiger partial charge in [-0.25, -0.2) is 8.42 Å². The van der Waals surface area contributed by atoms with E-state index in [1.807, 2.05) is 49.4 Å². The Morgan fingerprint density at radius 2 is 1.49 bits per heavy atom. The first-order chi connectivity index (χ1) is 22.6. The first-order valence-electron chi connectivity index (χ1n) is 15.8. The molecular formula is C37H39Cl2N3O4S. The largest absolute Gasteiger partial charge is 0.352 e. The molecule has 0 aliphatic heterocycles. The van der Waals surface area contributed by atoms with E-state index in [-0.39, 0.29) is 29.8 Å². The van der Waals surface area contributed by atoms with E-state index in [1.165, 1.54) is 29.2 Å². The molecule has 2 amide bonds. The van der Waals surface area contributed by atoms with E-state index in [1.54, 1.807) is 36.4 Å². The van der Waals surface area contributed by atoms with E-state index in [2.05, 4.69) is 5.32 Å². The number of hydrogen-bond acceptors (Lipinski definition) is 4. The summed E-state index contributed by atoms with van der Waals surface area (Å²) >= 11 is 12.4. The molecule has 1 atom stereocenters. The minimum absolute atomic E-state index is 0.00604. The smallest absolute Gasteiger partial charge is 0.264 e. The van der Waals surface area contributed by atoms with Gasteiger partial charge >= 0.3 is 0 Å². The molecule has 0 bridgehead atoms. The van der Waals surface area contributed by atoms with Gasteiger partial charge in [0.25, 0.3) is 10.0 Å². The zero-order chi connectivity index (χ0) is 33.4. The van der Waals surface area contributed by atoms with Crippen LogP contribution in [0, 0.1) is 6.92 Å². The Balaban J connectivity index is 1.56. The number of sulfonamides is 1. The average Bonchev–Trinajstić information content (AvgIpc) is 3.06. The Bertz CT molecular complexity index is 1780. The van der Waals surface area contributed by atoms with Gasteiger partial charge in [-0.05, 0) is 85.0 Å². The SMILES string of the molecule is Cc1cccc(N(CC(=O)N(Cc2cccc(Cl)c2)[C@H](Cc2ccccc2)C(=O)NC2CCCCC2)S(=O)(=O)c2ccc(Cl)cc2)c1. The third-order valence-electron chi connectivity index (χ3n) is 8.43. The zero-order valence-electron chi connectivity index (χ0n) is 26.3. The van der Waals surface area contributed by atoms with Crippen LogP contribution in [-0.4, -0.2) is 43.8 Å². The van der Waals surface area contributed by atoms with Crippen molar-refractivity contribution in [3.05, 3.63) is 130 Å². The summed E-state index contributed by atoms with van der Waals surface area (Å²) in [5.41, 5.74) is 2.76. The van der Waals surface area contributed by atoms with Crippen molar-refractivity contribution in [2.75, 3.05) is 10.8 Å². The van der Waals surface area contributed by atoms with Crippen LogP contribution in [0.5, 0.6) is 0 Å². The van der Waals surface area contributed by atoms with Gasteiger partial charge in [-0.2, -0.15) is 0 Å². The second-order valence-electron chi connectivity index (χ2n) is 12.0. The molecule has 0 spiro atoms. The minimum atomic E-state index is -4.22. The van der Waals surface area contributed by atoms with Crippen molar-refractivity contribution in [2.24, 2.45) is 0 Å². The molecule has 0 radical (unpaired) electrons. The number of benzene rings is 4. The summed E-state index contributed by atoms with van der Waals surface area (Å²) in [4.78, 5) is 30.3. The third-order valence-corrected chi connectivity index (χ3v) is 10.7. The highest BCUT2D eigenvalue weighted by Crippen LogP contribution is 2.27. The number of aryl methyl sites for hydroxylation is 1. The van der Waals surface area contributed by atoms with Crippen LogP contribution >= 0.6 is 23.2 Å².